The fraction of sp³-hybridized carbons (Fsp3) is 0.524. The summed E-state index contributed by atoms with van der Waals surface area (Å²) in [6, 6.07) is 12.1. The van der Waals surface area contributed by atoms with E-state index in [4.69, 9.17) is 4.74 Å². The largest absolute Gasteiger partial charge is 0.366 e. The molecule has 0 spiro atoms. The van der Waals surface area contributed by atoms with Crippen molar-refractivity contribution in [3.63, 3.8) is 0 Å². The molecule has 1 amide bonds. The van der Waals surface area contributed by atoms with Crippen LogP contribution >= 0.6 is 0 Å². The highest BCUT2D eigenvalue weighted by Crippen LogP contribution is 2.33. The lowest BCUT2D eigenvalue weighted by atomic mass is 9.87. The van der Waals surface area contributed by atoms with Crippen LogP contribution in [0.25, 0.3) is 0 Å². The molecule has 1 aliphatic rings. The Hall–Kier alpha value is -2.14. The predicted molar refractivity (Wildman–Crippen MR) is 102 cm³/mol. The number of aromatic nitrogens is 2. The number of hydrogen-bond acceptors (Lipinski definition) is 3. The molecule has 1 aromatic carbocycles. The highest BCUT2D eigenvalue weighted by molar-refractivity contribution is 5.76. The van der Waals surface area contributed by atoms with E-state index in [-0.39, 0.29) is 23.5 Å². The molecule has 0 radical (unpaired) electrons. The maximum Gasteiger partial charge on any atom is 0.222 e. The lowest BCUT2D eigenvalue weighted by Gasteiger charge is -2.43. The molecule has 3 rings (SSSR count). The van der Waals surface area contributed by atoms with Crippen molar-refractivity contribution in [3.8, 4) is 0 Å². The molecule has 1 saturated heterocycles. The van der Waals surface area contributed by atoms with Crippen LogP contribution in [0.4, 0.5) is 0 Å². The minimum atomic E-state index is -0.0655. The molecular formula is C21H29N3O2. The SMILES string of the molecule is CC(C)(C)[C@H]1CN(C(=O)CCCn2cccn2)C[C@@H](c2ccccc2)O1. The average molecular weight is 355 g/mol. The summed E-state index contributed by atoms with van der Waals surface area (Å²) < 4.78 is 8.25. The molecule has 2 atom stereocenters. The fourth-order valence-electron chi connectivity index (χ4n) is 3.28. The second kappa shape index (κ2) is 8.04. The Morgan fingerprint density at radius 3 is 2.62 bits per heavy atom. The Morgan fingerprint density at radius 1 is 1.19 bits per heavy atom. The molecule has 0 saturated carbocycles. The zero-order chi connectivity index (χ0) is 18.6. The lowest BCUT2D eigenvalue weighted by Crippen LogP contribution is -2.51. The number of amides is 1. The highest BCUT2D eigenvalue weighted by Gasteiger charge is 2.37. The van der Waals surface area contributed by atoms with Gasteiger partial charge >= 0.3 is 0 Å². The Balaban J connectivity index is 1.65. The normalized spacial score (nSPS) is 21.0. The number of nitrogens with zero attached hydrogens (tertiary/aromatic N) is 3. The van der Waals surface area contributed by atoms with Crippen LogP contribution in [0, 0.1) is 5.41 Å². The van der Waals surface area contributed by atoms with Crippen LogP contribution in [-0.4, -0.2) is 39.8 Å². The number of carbonyl (C=O) groups is 1. The number of carbonyl (C=O) groups excluding carboxylic acids is 1. The number of morpholine rings is 1. The maximum atomic E-state index is 12.8. The molecule has 1 fully saturated rings. The quantitative estimate of drug-likeness (QED) is 0.822. The average Bonchev–Trinajstić information content (AvgIpc) is 3.15. The summed E-state index contributed by atoms with van der Waals surface area (Å²) >= 11 is 0. The van der Waals surface area contributed by atoms with E-state index in [0.29, 0.717) is 19.5 Å². The van der Waals surface area contributed by atoms with Gasteiger partial charge in [0.15, 0.2) is 0 Å². The summed E-state index contributed by atoms with van der Waals surface area (Å²) in [5.41, 5.74) is 1.12. The Bertz CT molecular complexity index is 692. The first-order valence-corrected chi connectivity index (χ1v) is 9.39. The summed E-state index contributed by atoms with van der Waals surface area (Å²) in [7, 11) is 0. The van der Waals surface area contributed by atoms with Gasteiger partial charge < -0.3 is 9.64 Å². The van der Waals surface area contributed by atoms with E-state index in [9.17, 15) is 4.79 Å². The van der Waals surface area contributed by atoms with Gasteiger partial charge in [0.1, 0.15) is 6.10 Å². The third-order valence-corrected chi connectivity index (χ3v) is 4.93. The van der Waals surface area contributed by atoms with Crippen molar-refractivity contribution in [2.24, 2.45) is 5.41 Å². The Morgan fingerprint density at radius 2 is 1.96 bits per heavy atom. The first kappa shape index (κ1) is 18.6. The van der Waals surface area contributed by atoms with Crippen LogP contribution in [0.2, 0.25) is 0 Å². The number of rotatable bonds is 5. The van der Waals surface area contributed by atoms with Gasteiger partial charge in [-0.1, -0.05) is 51.1 Å². The molecule has 2 heterocycles. The van der Waals surface area contributed by atoms with Crippen LogP contribution in [0.5, 0.6) is 0 Å². The summed E-state index contributed by atoms with van der Waals surface area (Å²) in [5, 5.41) is 4.19. The molecule has 5 heteroatoms. The number of aryl methyl sites for hydroxylation is 1. The van der Waals surface area contributed by atoms with Gasteiger partial charge in [-0.2, -0.15) is 5.10 Å². The van der Waals surface area contributed by atoms with Crippen molar-refractivity contribution in [1.82, 2.24) is 14.7 Å². The molecule has 1 aliphatic heterocycles. The third-order valence-electron chi connectivity index (χ3n) is 4.93. The van der Waals surface area contributed by atoms with Crippen molar-refractivity contribution < 1.29 is 9.53 Å². The van der Waals surface area contributed by atoms with E-state index in [1.165, 1.54) is 0 Å². The minimum Gasteiger partial charge on any atom is -0.366 e. The van der Waals surface area contributed by atoms with Crippen molar-refractivity contribution in [3.05, 3.63) is 54.4 Å². The second-order valence-corrected chi connectivity index (χ2v) is 8.06. The molecule has 0 N–H and O–H groups in total. The highest BCUT2D eigenvalue weighted by atomic mass is 16.5. The van der Waals surface area contributed by atoms with Crippen LogP contribution in [0.15, 0.2) is 48.8 Å². The summed E-state index contributed by atoms with van der Waals surface area (Å²) in [6.07, 6.45) is 5.00. The van der Waals surface area contributed by atoms with Crippen LogP contribution in [0.3, 0.4) is 0 Å². The van der Waals surface area contributed by atoms with E-state index < -0.39 is 0 Å². The predicted octanol–water partition coefficient (Wildman–Crippen LogP) is 3.68. The number of benzene rings is 1. The molecule has 1 aromatic heterocycles. The summed E-state index contributed by atoms with van der Waals surface area (Å²) in [4.78, 5) is 14.8. The fourth-order valence-corrected chi connectivity index (χ4v) is 3.28. The Kier molecular flexibility index (Phi) is 5.77. The van der Waals surface area contributed by atoms with E-state index in [1.54, 1.807) is 6.20 Å². The topological polar surface area (TPSA) is 47.4 Å². The molecule has 0 bridgehead atoms. The second-order valence-electron chi connectivity index (χ2n) is 8.06. The van der Waals surface area contributed by atoms with Gasteiger partial charge in [-0.3, -0.25) is 9.48 Å². The minimum absolute atomic E-state index is 0.0129. The molecular weight excluding hydrogens is 326 g/mol. The van der Waals surface area contributed by atoms with Crippen LogP contribution < -0.4 is 0 Å². The number of ether oxygens (including phenoxy) is 1. The summed E-state index contributed by atoms with van der Waals surface area (Å²) in [5.74, 6) is 0.204. The van der Waals surface area contributed by atoms with Gasteiger partial charge in [0.25, 0.3) is 0 Å². The molecule has 26 heavy (non-hydrogen) atoms. The zero-order valence-electron chi connectivity index (χ0n) is 16.0. The zero-order valence-corrected chi connectivity index (χ0v) is 16.0. The Labute approximate surface area is 156 Å². The molecule has 0 unspecified atom stereocenters. The van der Waals surface area contributed by atoms with E-state index in [1.807, 2.05) is 40.0 Å². The van der Waals surface area contributed by atoms with Gasteiger partial charge in [0.05, 0.1) is 12.6 Å². The number of hydrogen-bond donors (Lipinski definition) is 0. The third kappa shape index (κ3) is 4.73. The lowest BCUT2D eigenvalue weighted by molar-refractivity contribution is -0.157. The molecule has 5 nitrogen and oxygen atoms in total. The van der Waals surface area contributed by atoms with Crippen LogP contribution in [0.1, 0.15) is 45.3 Å². The van der Waals surface area contributed by atoms with Crippen molar-refractivity contribution in [2.45, 2.75) is 52.4 Å². The first-order valence-electron chi connectivity index (χ1n) is 9.39. The molecule has 2 aromatic rings. The summed E-state index contributed by atoms with van der Waals surface area (Å²) in [6.45, 7) is 8.57. The van der Waals surface area contributed by atoms with Crippen molar-refractivity contribution in [2.75, 3.05) is 13.1 Å². The van der Waals surface area contributed by atoms with Crippen molar-refractivity contribution in [1.29, 1.82) is 0 Å². The monoisotopic (exact) mass is 355 g/mol. The van der Waals surface area contributed by atoms with Gasteiger partial charge in [-0.05, 0) is 23.5 Å². The van der Waals surface area contributed by atoms with E-state index in [2.05, 4.69) is 38.0 Å². The van der Waals surface area contributed by atoms with Crippen LogP contribution in [-0.2, 0) is 16.1 Å². The standard InChI is InChI=1S/C21H29N3O2/c1-21(2,3)19-16-23(15-18(26-19)17-9-5-4-6-10-17)20(25)11-7-13-24-14-8-12-22-24/h4-6,8-10,12,14,18-19H,7,11,13,15-16H2,1-3H3/t18-,19+/m0/s1. The maximum absolute atomic E-state index is 12.8. The van der Waals surface area contributed by atoms with Crippen molar-refractivity contribution >= 4 is 5.91 Å². The molecule has 0 aliphatic carbocycles. The first-order chi connectivity index (χ1) is 12.4. The van der Waals surface area contributed by atoms with Gasteiger partial charge in [0, 0.05) is 31.9 Å². The smallest absolute Gasteiger partial charge is 0.222 e. The molecule has 140 valence electrons. The van der Waals surface area contributed by atoms with Gasteiger partial charge in [-0.15, -0.1) is 0 Å². The van der Waals surface area contributed by atoms with E-state index >= 15 is 0 Å². The van der Waals surface area contributed by atoms with Gasteiger partial charge in [-0.25, -0.2) is 0 Å². The van der Waals surface area contributed by atoms with E-state index in [0.717, 1.165) is 18.5 Å². The van der Waals surface area contributed by atoms with Gasteiger partial charge in [0.2, 0.25) is 5.91 Å².